The van der Waals surface area contributed by atoms with Gasteiger partial charge in [-0.3, -0.25) is 4.79 Å². The van der Waals surface area contributed by atoms with Crippen LogP contribution in [-0.2, 0) is 29.7 Å². The molecule has 7 nitrogen and oxygen atoms in total. The van der Waals surface area contributed by atoms with Crippen LogP contribution in [0.25, 0.3) is 0 Å². The van der Waals surface area contributed by atoms with Crippen LogP contribution in [-0.4, -0.2) is 32.4 Å². The summed E-state index contributed by atoms with van der Waals surface area (Å²) in [6.45, 7) is 1.72. The zero-order valence-corrected chi connectivity index (χ0v) is 24.4. The van der Waals surface area contributed by atoms with Gasteiger partial charge in [0.05, 0.1) is 18.8 Å². The number of hydrogen-bond acceptors (Lipinski definition) is 6. The lowest BCUT2D eigenvalue weighted by Gasteiger charge is -2.41. The minimum absolute atomic E-state index is 0.0459. The number of aromatic nitrogens is 2. The van der Waals surface area contributed by atoms with Gasteiger partial charge in [0.1, 0.15) is 5.56 Å². The minimum atomic E-state index is -2.34. The summed E-state index contributed by atoms with van der Waals surface area (Å²) in [5.74, 6) is -12.0. The molecule has 1 fully saturated rings. The maximum absolute atomic E-state index is 14.0. The molecule has 44 heavy (non-hydrogen) atoms. The van der Waals surface area contributed by atoms with Gasteiger partial charge in [-0.2, -0.15) is 0 Å². The molecular weight excluding hydrogens is 605 g/mol. The van der Waals surface area contributed by atoms with Crippen molar-refractivity contribution in [2.24, 2.45) is 13.0 Å². The van der Waals surface area contributed by atoms with E-state index in [1.807, 2.05) is 49.0 Å². The zero-order chi connectivity index (χ0) is 31.5. The number of imidazole rings is 1. The average Bonchev–Trinajstić information content (AvgIpc) is 3.46. The number of halogens is 5. The number of ether oxygens (including phenoxy) is 2. The number of aliphatic hydroxyl groups excluding tert-OH is 1. The molecule has 2 N–H and O–H groups in total. The molecule has 0 spiro atoms. The van der Waals surface area contributed by atoms with E-state index in [2.05, 4.69) is 10.3 Å². The molecule has 2 heterocycles. The van der Waals surface area contributed by atoms with E-state index in [4.69, 9.17) is 9.47 Å². The van der Waals surface area contributed by atoms with Gasteiger partial charge >= 0.3 is 0 Å². The first-order valence-corrected chi connectivity index (χ1v) is 14.6. The van der Waals surface area contributed by atoms with E-state index in [1.165, 1.54) is 0 Å². The molecule has 1 saturated heterocycles. The van der Waals surface area contributed by atoms with Crippen molar-refractivity contribution in [1.82, 2.24) is 14.9 Å². The van der Waals surface area contributed by atoms with Crippen LogP contribution in [0.4, 0.5) is 22.0 Å². The summed E-state index contributed by atoms with van der Waals surface area (Å²) in [4.78, 5) is 16.7. The highest BCUT2D eigenvalue weighted by atomic mass is 32.2. The van der Waals surface area contributed by atoms with Crippen molar-refractivity contribution in [2.75, 3.05) is 5.75 Å². The van der Waals surface area contributed by atoms with E-state index in [0.717, 1.165) is 16.3 Å². The monoisotopic (exact) mass is 633 g/mol. The molecule has 0 bridgehead atoms. The van der Waals surface area contributed by atoms with Crippen LogP contribution in [0.3, 0.4) is 0 Å². The van der Waals surface area contributed by atoms with Crippen molar-refractivity contribution in [2.45, 2.75) is 43.7 Å². The fraction of sp³-hybridized carbons (Fsp3) is 0.290. The Labute approximate surface area is 254 Å². The lowest BCUT2D eigenvalue weighted by atomic mass is 9.91. The number of aryl methyl sites for hydroxylation is 1. The Morgan fingerprint density at radius 2 is 1.50 bits per heavy atom. The Hall–Kier alpha value is -3.78. The summed E-state index contributed by atoms with van der Waals surface area (Å²) in [6.07, 6.45) is 2.24. The number of aliphatic hydroxyl groups is 1. The van der Waals surface area contributed by atoms with Crippen LogP contribution < -0.4 is 5.32 Å². The topological polar surface area (TPSA) is 85.6 Å². The van der Waals surface area contributed by atoms with Gasteiger partial charge in [0.15, 0.2) is 34.7 Å². The third-order valence-electron chi connectivity index (χ3n) is 7.42. The molecule has 1 amide bonds. The van der Waals surface area contributed by atoms with Crippen molar-refractivity contribution >= 4 is 17.7 Å². The van der Waals surface area contributed by atoms with Gasteiger partial charge in [-0.05, 0) is 16.7 Å². The van der Waals surface area contributed by atoms with Gasteiger partial charge in [-0.25, -0.2) is 26.9 Å². The standard InChI is InChI=1S/C31H28F5N3O4S/c1-16-21(15-44-31-37-11-12-39(31)2)42-30(43-28(16)19-7-5-18(14-40)6-8-19)20-9-3-17(4-10-20)13-38-29(41)22-23(32)25(34)27(36)26(35)24(22)33/h3-12,16,21,28,30,40H,13-15H2,1-2H3,(H,38,41)/t16-,21+,28+,30+/m1/s1. The number of hydrogen-bond donors (Lipinski definition) is 2. The van der Waals surface area contributed by atoms with Crippen molar-refractivity contribution in [1.29, 1.82) is 0 Å². The molecule has 5 rings (SSSR count). The van der Waals surface area contributed by atoms with Crippen molar-refractivity contribution in [3.8, 4) is 0 Å². The fourth-order valence-corrected chi connectivity index (χ4v) is 5.92. The second kappa shape index (κ2) is 13.5. The molecule has 1 aliphatic heterocycles. The summed E-state index contributed by atoms with van der Waals surface area (Å²) in [6, 6.07) is 14.2. The maximum atomic E-state index is 14.0. The van der Waals surface area contributed by atoms with E-state index in [-0.39, 0.29) is 31.3 Å². The molecule has 3 aromatic carbocycles. The third kappa shape index (κ3) is 6.50. The summed E-state index contributed by atoms with van der Waals surface area (Å²) in [5, 5.41) is 12.5. The highest BCUT2D eigenvalue weighted by molar-refractivity contribution is 7.99. The Bertz CT molecular complexity index is 1610. The van der Waals surface area contributed by atoms with Crippen LogP contribution >= 0.6 is 11.8 Å². The molecule has 4 atom stereocenters. The molecular formula is C31H28F5N3O4S. The molecule has 0 aliphatic carbocycles. The van der Waals surface area contributed by atoms with Crippen LogP contribution in [0.2, 0.25) is 0 Å². The SMILES string of the molecule is C[C@@H]1[C@H](CSc2nccn2C)O[C@H](c2ccc(CNC(=O)c3c(F)c(F)c(F)c(F)c3F)cc2)O[C@@H]1c1ccc(CO)cc1. The molecule has 0 radical (unpaired) electrons. The highest BCUT2D eigenvalue weighted by Gasteiger charge is 2.38. The van der Waals surface area contributed by atoms with Crippen molar-refractivity contribution in [3.05, 3.63) is 118 Å². The Morgan fingerprint density at radius 3 is 2.09 bits per heavy atom. The second-order valence-corrected chi connectivity index (χ2v) is 11.3. The van der Waals surface area contributed by atoms with Gasteiger partial charge < -0.3 is 24.5 Å². The Balaban J connectivity index is 1.31. The Morgan fingerprint density at radius 1 is 0.909 bits per heavy atom. The number of nitrogens with one attached hydrogen (secondary N) is 1. The molecule has 0 saturated carbocycles. The van der Waals surface area contributed by atoms with Gasteiger partial charge in [0, 0.05) is 43.2 Å². The number of amides is 1. The lowest BCUT2D eigenvalue weighted by Crippen LogP contribution is -2.38. The predicted octanol–water partition coefficient (Wildman–Crippen LogP) is 6.12. The molecule has 1 aromatic heterocycles. The highest BCUT2D eigenvalue weighted by Crippen LogP contribution is 2.43. The van der Waals surface area contributed by atoms with Gasteiger partial charge in [0.2, 0.25) is 5.82 Å². The van der Waals surface area contributed by atoms with E-state index in [9.17, 15) is 31.9 Å². The number of carbonyl (C=O) groups is 1. The third-order valence-corrected chi connectivity index (χ3v) is 8.57. The summed E-state index contributed by atoms with van der Waals surface area (Å²) in [7, 11) is 1.91. The van der Waals surface area contributed by atoms with Crippen molar-refractivity contribution < 1.29 is 41.3 Å². The average molecular weight is 634 g/mol. The number of thioether (sulfide) groups is 1. The van der Waals surface area contributed by atoms with Crippen LogP contribution in [0.1, 0.15) is 51.9 Å². The van der Waals surface area contributed by atoms with Gasteiger partial charge in [-0.1, -0.05) is 67.2 Å². The van der Waals surface area contributed by atoms with E-state index < -0.39 is 46.8 Å². The van der Waals surface area contributed by atoms with Crippen LogP contribution in [0.15, 0.2) is 66.1 Å². The van der Waals surface area contributed by atoms with E-state index >= 15 is 0 Å². The first-order chi connectivity index (χ1) is 21.1. The lowest BCUT2D eigenvalue weighted by molar-refractivity contribution is -0.268. The maximum Gasteiger partial charge on any atom is 0.257 e. The van der Waals surface area contributed by atoms with E-state index in [1.54, 1.807) is 42.2 Å². The fourth-order valence-electron chi connectivity index (χ4n) is 4.83. The molecule has 1 aliphatic rings. The first kappa shape index (κ1) is 31.6. The van der Waals surface area contributed by atoms with Gasteiger partial charge in [0.25, 0.3) is 5.91 Å². The van der Waals surface area contributed by atoms with Gasteiger partial charge in [-0.15, -0.1) is 0 Å². The number of nitrogens with zero attached hydrogens (tertiary/aromatic N) is 2. The number of rotatable bonds is 9. The second-order valence-electron chi connectivity index (χ2n) is 10.3. The zero-order valence-electron chi connectivity index (χ0n) is 23.6. The van der Waals surface area contributed by atoms with E-state index in [0.29, 0.717) is 16.9 Å². The molecule has 232 valence electrons. The normalized spacial score (nSPS) is 20.1. The summed E-state index contributed by atoms with van der Waals surface area (Å²) in [5.41, 5.74) is 1.30. The quantitative estimate of drug-likeness (QED) is 0.100. The van der Waals surface area contributed by atoms with Crippen molar-refractivity contribution in [3.63, 3.8) is 0 Å². The van der Waals surface area contributed by atoms with Crippen LogP contribution in [0.5, 0.6) is 0 Å². The summed E-state index contributed by atoms with van der Waals surface area (Å²) >= 11 is 1.56. The number of carbonyl (C=O) groups excluding carboxylic acids is 1. The Kier molecular flexibility index (Phi) is 9.68. The largest absolute Gasteiger partial charge is 0.392 e. The smallest absolute Gasteiger partial charge is 0.257 e. The van der Waals surface area contributed by atoms with Crippen LogP contribution in [0, 0.1) is 35.0 Å². The number of benzene rings is 3. The molecule has 0 unspecified atom stereocenters. The summed E-state index contributed by atoms with van der Waals surface area (Å²) < 4.78 is 83.2. The predicted molar refractivity (Wildman–Crippen MR) is 151 cm³/mol. The minimum Gasteiger partial charge on any atom is -0.392 e. The molecule has 13 heteroatoms. The first-order valence-electron chi connectivity index (χ1n) is 13.6. The molecule has 4 aromatic rings.